The first kappa shape index (κ1) is 21.2. The van der Waals surface area contributed by atoms with E-state index in [0.29, 0.717) is 45.2 Å². The number of amides is 1. The van der Waals surface area contributed by atoms with E-state index in [1.807, 2.05) is 0 Å². The third kappa shape index (κ3) is 4.23. The summed E-state index contributed by atoms with van der Waals surface area (Å²) in [5.74, 6) is 1.28. The molecule has 1 N–H and O–H groups in total. The summed E-state index contributed by atoms with van der Waals surface area (Å²) in [6, 6.07) is 8.15. The van der Waals surface area contributed by atoms with Crippen LogP contribution in [0.15, 0.2) is 35.1 Å². The van der Waals surface area contributed by atoms with E-state index in [9.17, 15) is 9.59 Å². The summed E-state index contributed by atoms with van der Waals surface area (Å²) in [4.78, 5) is 30.6. The fourth-order valence-corrected chi connectivity index (χ4v) is 4.12. The third-order valence-corrected chi connectivity index (χ3v) is 5.85. The summed E-state index contributed by atoms with van der Waals surface area (Å²) < 4.78 is 12.3. The molecular formula is C23H24ClN3O4. The molecule has 2 heterocycles. The third-order valence-electron chi connectivity index (χ3n) is 5.55. The Hall–Kier alpha value is -3.06. The molecule has 4 rings (SSSR count). The number of aromatic nitrogens is 2. The monoisotopic (exact) mass is 441 g/mol. The molecule has 3 aromatic rings. The topological polar surface area (TPSA) is 82.5 Å². The smallest absolute Gasteiger partial charge is 0.261 e. The summed E-state index contributed by atoms with van der Waals surface area (Å²) >= 11 is 6.14. The van der Waals surface area contributed by atoms with Crippen molar-refractivity contribution >= 4 is 34.1 Å². The first-order valence-electron chi connectivity index (χ1n) is 10.3. The van der Waals surface area contributed by atoms with Gasteiger partial charge in [-0.2, -0.15) is 0 Å². The Morgan fingerprint density at radius 1 is 1.06 bits per heavy atom. The number of hydrogen-bond acceptors (Lipinski definition) is 5. The van der Waals surface area contributed by atoms with E-state index >= 15 is 0 Å². The number of benzene rings is 2. The van der Waals surface area contributed by atoms with E-state index < -0.39 is 0 Å². The minimum absolute atomic E-state index is 0.0436. The maximum atomic E-state index is 13.0. The molecule has 1 aliphatic rings. The predicted octanol–water partition coefficient (Wildman–Crippen LogP) is 4.44. The molecule has 1 aliphatic heterocycles. The summed E-state index contributed by atoms with van der Waals surface area (Å²) in [6.07, 6.45) is 5.03. The summed E-state index contributed by atoms with van der Waals surface area (Å²) in [5.41, 5.74) is 1.31. The molecule has 0 atom stereocenters. The van der Waals surface area contributed by atoms with Gasteiger partial charge in [0, 0.05) is 30.7 Å². The molecular weight excluding hydrogens is 418 g/mol. The Morgan fingerprint density at radius 3 is 2.61 bits per heavy atom. The number of methoxy groups -OCH3 is 2. The van der Waals surface area contributed by atoms with Gasteiger partial charge in [0.05, 0.1) is 35.8 Å². The van der Waals surface area contributed by atoms with Crippen LogP contribution in [-0.4, -0.2) is 29.7 Å². The maximum Gasteiger partial charge on any atom is 0.261 e. The number of fused-ring (bicyclic) bond motifs is 2. The average Bonchev–Trinajstić information content (AvgIpc) is 2.75. The van der Waals surface area contributed by atoms with Crippen LogP contribution < -0.4 is 20.3 Å². The number of anilines is 1. The van der Waals surface area contributed by atoms with Crippen LogP contribution in [0.1, 0.15) is 41.9 Å². The number of carbonyl (C=O) groups is 1. The Morgan fingerprint density at radius 2 is 1.84 bits per heavy atom. The van der Waals surface area contributed by atoms with Crippen LogP contribution in [-0.2, 0) is 13.0 Å². The number of aryl methyl sites for hydroxylation is 1. The standard InChI is InChI=1S/C23H24ClN3O4/c1-30-19-13-18(20(31-2)12-16(19)24)26-22(28)14-8-9-15-17(11-14)25-21-7-5-3-4-6-10-27(21)23(15)29/h8-9,11-13H,3-7,10H2,1-2H3,(H,26,28). The molecule has 0 radical (unpaired) electrons. The van der Waals surface area contributed by atoms with Crippen LogP contribution in [0.2, 0.25) is 5.02 Å². The van der Waals surface area contributed by atoms with Gasteiger partial charge in [-0.25, -0.2) is 4.98 Å². The molecule has 0 saturated heterocycles. The van der Waals surface area contributed by atoms with Crippen LogP contribution in [0.4, 0.5) is 5.69 Å². The highest BCUT2D eigenvalue weighted by molar-refractivity contribution is 6.32. The molecule has 8 heteroatoms. The lowest BCUT2D eigenvalue weighted by molar-refractivity contribution is 0.102. The van der Waals surface area contributed by atoms with Crippen molar-refractivity contribution in [3.05, 3.63) is 57.1 Å². The number of carbonyl (C=O) groups excluding carboxylic acids is 1. The van der Waals surface area contributed by atoms with Gasteiger partial charge in [-0.3, -0.25) is 14.2 Å². The molecule has 0 saturated carbocycles. The van der Waals surface area contributed by atoms with Gasteiger partial charge in [-0.05, 0) is 31.0 Å². The zero-order valence-corrected chi connectivity index (χ0v) is 18.3. The number of rotatable bonds is 4. The molecule has 0 aliphatic carbocycles. The van der Waals surface area contributed by atoms with Gasteiger partial charge in [-0.15, -0.1) is 0 Å². The average molecular weight is 442 g/mol. The quantitative estimate of drug-likeness (QED) is 0.647. The number of hydrogen-bond donors (Lipinski definition) is 1. The lowest BCUT2D eigenvalue weighted by atomic mass is 10.1. The van der Waals surface area contributed by atoms with Crippen molar-refractivity contribution in [3.63, 3.8) is 0 Å². The Labute approximate surface area is 185 Å². The van der Waals surface area contributed by atoms with Crippen molar-refractivity contribution < 1.29 is 14.3 Å². The Bertz CT molecular complexity index is 1210. The molecule has 7 nitrogen and oxygen atoms in total. The van der Waals surface area contributed by atoms with Gasteiger partial charge in [-0.1, -0.05) is 24.4 Å². The minimum Gasteiger partial charge on any atom is -0.495 e. The van der Waals surface area contributed by atoms with Crippen molar-refractivity contribution in [2.45, 2.75) is 38.6 Å². The number of nitrogens with one attached hydrogen (secondary N) is 1. The van der Waals surface area contributed by atoms with Crippen LogP contribution in [0.25, 0.3) is 10.9 Å². The predicted molar refractivity (Wildman–Crippen MR) is 121 cm³/mol. The van der Waals surface area contributed by atoms with Gasteiger partial charge in [0.2, 0.25) is 0 Å². The van der Waals surface area contributed by atoms with Crippen LogP contribution in [0.5, 0.6) is 11.5 Å². The molecule has 1 aromatic heterocycles. The van der Waals surface area contributed by atoms with E-state index in [1.165, 1.54) is 14.2 Å². The highest BCUT2D eigenvalue weighted by atomic mass is 35.5. The van der Waals surface area contributed by atoms with Gasteiger partial charge < -0.3 is 14.8 Å². The molecule has 31 heavy (non-hydrogen) atoms. The first-order valence-corrected chi connectivity index (χ1v) is 10.7. The second kappa shape index (κ2) is 8.98. The number of ether oxygens (including phenoxy) is 2. The molecule has 162 valence electrons. The zero-order valence-electron chi connectivity index (χ0n) is 17.5. The number of nitrogens with zero attached hydrogens (tertiary/aromatic N) is 2. The summed E-state index contributed by atoms with van der Waals surface area (Å²) in [6.45, 7) is 0.692. The Kier molecular flexibility index (Phi) is 6.13. The zero-order chi connectivity index (χ0) is 22.0. The van der Waals surface area contributed by atoms with E-state index in [0.717, 1.165) is 37.9 Å². The van der Waals surface area contributed by atoms with E-state index in [1.54, 1.807) is 34.9 Å². The van der Waals surface area contributed by atoms with Crippen molar-refractivity contribution in [1.82, 2.24) is 9.55 Å². The van der Waals surface area contributed by atoms with Crippen molar-refractivity contribution in [1.29, 1.82) is 0 Å². The summed E-state index contributed by atoms with van der Waals surface area (Å²) in [5, 5.41) is 3.72. The normalized spacial score (nSPS) is 13.8. The van der Waals surface area contributed by atoms with Crippen molar-refractivity contribution in [3.8, 4) is 11.5 Å². The number of halogens is 1. The van der Waals surface area contributed by atoms with Crippen molar-refractivity contribution in [2.75, 3.05) is 19.5 Å². The van der Waals surface area contributed by atoms with Crippen LogP contribution >= 0.6 is 11.6 Å². The maximum absolute atomic E-state index is 13.0. The van der Waals surface area contributed by atoms with Crippen LogP contribution in [0, 0.1) is 0 Å². The van der Waals surface area contributed by atoms with Gasteiger partial charge >= 0.3 is 0 Å². The second-order valence-corrected chi connectivity index (χ2v) is 7.93. The van der Waals surface area contributed by atoms with Gasteiger partial charge in [0.1, 0.15) is 17.3 Å². The van der Waals surface area contributed by atoms with E-state index in [-0.39, 0.29) is 11.5 Å². The fraction of sp³-hybridized carbons (Fsp3) is 0.348. The van der Waals surface area contributed by atoms with Crippen molar-refractivity contribution in [2.24, 2.45) is 0 Å². The van der Waals surface area contributed by atoms with Gasteiger partial charge in [0.15, 0.2) is 0 Å². The van der Waals surface area contributed by atoms with E-state index in [4.69, 9.17) is 26.1 Å². The Balaban J connectivity index is 1.69. The second-order valence-electron chi connectivity index (χ2n) is 7.52. The minimum atomic E-state index is -0.349. The van der Waals surface area contributed by atoms with Gasteiger partial charge in [0.25, 0.3) is 11.5 Å². The molecule has 1 amide bonds. The largest absolute Gasteiger partial charge is 0.495 e. The highest BCUT2D eigenvalue weighted by Gasteiger charge is 2.17. The SMILES string of the molecule is COc1cc(NC(=O)c2ccc3c(=O)n4c(nc3c2)CCCCCC4)c(OC)cc1Cl. The fourth-order valence-electron chi connectivity index (χ4n) is 3.89. The van der Waals surface area contributed by atoms with E-state index in [2.05, 4.69) is 5.32 Å². The summed E-state index contributed by atoms with van der Waals surface area (Å²) in [7, 11) is 2.99. The molecule has 0 fully saturated rings. The highest BCUT2D eigenvalue weighted by Crippen LogP contribution is 2.36. The lowest BCUT2D eigenvalue weighted by Gasteiger charge is -2.16. The molecule has 0 unspecified atom stereocenters. The van der Waals surface area contributed by atoms with Crippen LogP contribution in [0.3, 0.4) is 0 Å². The molecule has 0 spiro atoms. The lowest BCUT2D eigenvalue weighted by Crippen LogP contribution is -2.26. The first-order chi connectivity index (χ1) is 15.0. The molecule has 0 bridgehead atoms. The molecule has 2 aromatic carbocycles.